The highest BCUT2D eigenvalue weighted by Crippen LogP contribution is 2.28. The molecule has 0 unspecified atom stereocenters. The third-order valence-electron chi connectivity index (χ3n) is 2.40. The average molecular weight is 323 g/mol. The lowest BCUT2D eigenvalue weighted by Gasteiger charge is -2.13. The van der Waals surface area contributed by atoms with Crippen LogP contribution in [0.5, 0.6) is 5.75 Å². The molecule has 0 fully saturated rings. The quantitative estimate of drug-likeness (QED) is 0.651. The number of rotatable bonds is 6. The molecule has 1 aromatic heterocycles. The minimum Gasteiger partial charge on any atom is -0.481 e. The molecule has 0 spiro atoms. The average Bonchev–Trinajstić information content (AvgIpc) is 2.86. The van der Waals surface area contributed by atoms with Gasteiger partial charge in [-0.3, -0.25) is 10.1 Å². The Bertz CT molecular complexity index is 587. The van der Waals surface area contributed by atoms with Crippen molar-refractivity contribution in [3.05, 3.63) is 30.3 Å². The Labute approximate surface area is 132 Å². The monoisotopic (exact) mass is 323 g/mol. The third-order valence-corrected chi connectivity index (χ3v) is 4.33. The van der Waals surface area contributed by atoms with E-state index in [4.69, 9.17) is 4.74 Å². The van der Waals surface area contributed by atoms with Crippen molar-refractivity contribution in [1.82, 2.24) is 10.2 Å². The number of carbonyl (C=O) groups excluding carboxylic acids is 1. The lowest BCUT2D eigenvalue weighted by molar-refractivity contribution is -0.122. The summed E-state index contributed by atoms with van der Waals surface area (Å²) in [6, 6.07) is 9.24. The Morgan fingerprint density at radius 2 is 1.95 bits per heavy atom. The molecule has 1 heterocycles. The second-order valence-corrected chi connectivity index (χ2v) is 7.40. The number of aromatic nitrogens is 2. The van der Waals surface area contributed by atoms with E-state index in [1.165, 1.54) is 11.3 Å². The summed E-state index contributed by atoms with van der Waals surface area (Å²) < 4.78 is 6.40. The lowest BCUT2D eigenvalue weighted by Crippen LogP contribution is -2.30. The van der Waals surface area contributed by atoms with Gasteiger partial charge in [0.05, 0.1) is 0 Å². The van der Waals surface area contributed by atoms with Crippen molar-refractivity contribution >= 4 is 34.1 Å². The molecule has 21 heavy (non-hydrogen) atoms. The van der Waals surface area contributed by atoms with E-state index in [0.29, 0.717) is 16.1 Å². The van der Waals surface area contributed by atoms with Crippen LogP contribution in [0.1, 0.15) is 20.8 Å². The summed E-state index contributed by atoms with van der Waals surface area (Å²) in [5, 5.41) is 11.6. The molecule has 2 rings (SSSR count). The molecule has 1 N–H and O–H groups in total. The van der Waals surface area contributed by atoms with Crippen molar-refractivity contribution in [1.29, 1.82) is 0 Å². The summed E-state index contributed by atoms with van der Waals surface area (Å²) in [4.78, 5) is 12.0. The van der Waals surface area contributed by atoms with Gasteiger partial charge in [-0.2, -0.15) is 0 Å². The topological polar surface area (TPSA) is 64.1 Å². The lowest BCUT2D eigenvalue weighted by atomic mass is 10.3. The molecule has 0 radical (unpaired) electrons. The van der Waals surface area contributed by atoms with Crippen molar-refractivity contribution in [2.45, 2.75) is 36.5 Å². The Morgan fingerprint density at radius 1 is 1.24 bits per heavy atom. The van der Waals surface area contributed by atoms with Crippen LogP contribution in [0.2, 0.25) is 0 Å². The molecule has 1 aromatic carbocycles. The van der Waals surface area contributed by atoms with Crippen LogP contribution >= 0.6 is 23.1 Å². The number of nitrogens with one attached hydrogen (secondary N) is 1. The Kier molecular flexibility index (Phi) is 5.58. The van der Waals surface area contributed by atoms with Gasteiger partial charge in [0.15, 0.2) is 10.4 Å². The van der Waals surface area contributed by atoms with E-state index >= 15 is 0 Å². The number of thioether (sulfide) groups is 1. The van der Waals surface area contributed by atoms with Gasteiger partial charge in [0, 0.05) is 5.25 Å². The van der Waals surface area contributed by atoms with Crippen molar-refractivity contribution in [3.8, 4) is 5.75 Å². The fraction of sp³-hybridized carbons (Fsp3) is 0.357. The van der Waals surface area contributed by atoms with E-state index in [1.54, 1.807) is 18.7 Å². The van der Waals surface area contributed by atoms with E-state index in [1.807, 2.05) is 30.3 Å². The highest BCUT2D eigenvalue weighted by molar-refractivity contribution is 8.01. The summed E-state index contributed by atoms with van der Waals surface area (Å²) in [6.45, 7) is 5.87. The van der Waals surface area contributed by atoms with Gasteiger partial charge in [-0.15, -0.1) is 10.2 Å². The SMILES string of the molecule is CC(C)Sc1nnc(NC(=O)[C@@H](C)Oc2ccccc2)s1. The molecule has 0 aliphatic rings. The number of hydrogen-bond donors (Lipinski definition) is 1. The van der Waals surface area contributed by atoms with Crippen LogP contribution in [0.15, 0.2) is 34.7 Å². The maximum Gasteiger partial charge on any atom is 0.266 e. The molecular weight excluding hydrogens is 306 g/mol. The molecule has 0 aliphatic heterocycles. The van der Waals surface area contributed by atoms with E-state index in [-0.39, 0.29) is 5.91 Å². The molecule has 1 atom stereocenters. The summed E-state index contributed by atoms with van der Waals surface area (Å²) >= 11 is 2.99. The van der Waals surface area contributed by atoms with Gasteiger partial charge in [0.1, 0.15) is 5.75 Å². The Morgan fingerprint density at radius 3 is 2.62 bits per heavy atom. The summed E-state index contributed by atoms with van der Waals surface area (Å²) in [6.07, 6.45) is -0.600. The maximum absolute atomic E-state index is 12.0. The summed E-state index contributed by atoms with van der Waals surface area (Å²) in [5.41, 5.74) is 0. The number of benzene rings is 1. The van der Waals surface area contributed by atoms with Gasteiger partial charge < -0.3 is 4.74 Å². The molecule has 1 amide bonds. The first-order chi connectivity index (χ1) is 10.0. The highest BCUT2D eigenvalue weighted by atomic mass is 32.2. The molecule has 0 bridgehead atoms. The zero-order valence-corrected chi connectivity index (χ0v) is 13.7. The molecule has 5 nitrogen and oxygen atoms in total. The minimum atomic E-state index is -0.600. The van der Waals surface area contributed by atoms with Crippen LogP contribution in [0.3, 0.4) is 0 Å². The predicted octanol–water partition coefficient (Wildman–Crippen LogP) is 3.44. The maximum atomic E-state index is 12.0. The van der Waals surface area contributed by atoms with Crippen LogP contribution in [0, 0.1) is 0 Å². The van der Waals surface area contributed by atoms with E-state index in [2.05, 4.69) is 29.4 Å². The van der Waals surface area contributed by atoms with Gasteiger partial charge in [-0.1, -0.05) is 55.1 Å². The van der Waals surface area contributed by atoms with Crippen molar-refractivity contribution in [3.63, 3.8) is 0 Å². The first kappa shape index (κ1) is 15.8. The van der Waals surface area contributed by atoms with Gasteiger partial charge in [-0.05, 0) is 19.1 Å². The van der Waals surface area contributed by atoms with E-state index in [9.17, 15) is 4.79 Å². The fourth-order valence-corrected chi connectivity index (χ4v) is 3.45. The number of ether oxygens (including phenoxy) is 1. The number of carbonyl (C=O) groups is 1. The smallest absolute Gasteiger partial charge is 0.266 e. The van der Waals surface area contributed by atoms with Crippen LogP contribution in [-0.4, -0.2) is 27.5 Å². The fourth-order valence-electron chi connectivity index (χ4n) is 1.47. The largest absolute Gasteiger partial charge is 0.481 e. The van der Waals surface area contributed by atoms with Gasteiger partial charge >= 0.3 is 0 Å². The number of nitrogens with zero attached hydrogens (tertiary/aromatic N) is 2. The Balaban J connectivity index is 1.90. The number of para-hydroxylation sites is 1. The molecular formula is C14H17N3O2S2. The highest BCUT2D eigenvalue weighted by Gasteiger charge is 2.17. The minimum absolute atomic E-state index is 0.240. The van der Waals surface area contributed by atoms with Crippen molar-refractivity contribution < 1.29 is 9.53 Å². The Hall–Kier alpha value is -1.60. The standard InChI is InChI=1S/C14H17N3O2S2/c1-9(2)20-14-17-16-13(21-14)15-12(18)10(3)19-11-7-5-4-6-8-11/h4-10H,1-3H3,(H,15,16,18)/t10-/m1/s1. The van der Waals surface area contributed by atoms with Crippen LogP contribution in [0.25, 0.3) is 0 Å². The van der Waals surface area contributed by atoms with E-state index < -0.39 is 6.10 Å². The molecule has 2 aromatic rings. The zero-order chi connectivity index (χ0) is 15.2. The zero-order valence-electron chi connectivity index (χ0n) is 12.1. The number of amides is 1. The second kappa shape index (κ2) is 7.42. The first-order valence-electron chi connectivity index (χ1n) is 6.57. The number of hydrogen-bond acceptors (Lipinski definition) is 6. The van der Waals surface area contributed by atoms with Gasteiger partial charge in [0.25, 0.3) is 5.91 Å². The predicted molar refractivity (Wildman–Crippen MR) is 86.1 cm³/mol. The summed E-state index contributed by atoms with van der Waals surface area (Å²) in [7, 11) is 0. The van der Waals surface area contributed by atoms with Crippen molar-refractivity contribution in [2.24, 2.45) is 0 Å². The van der Waals surface area contributed by atoms with E-state index in [0.717, 1.165) is 4.34 Å². The first-order valence-corrected chi connectivity index (χ1v) is 8.27. The normalized spacial score (nSPS) is 12.2. The third kappa shape index (κ3) is 5.02. The summed E-state index contributed by atoms with van der Waals surface area (Å²) in [5.74, 6) is 0.421. The molecule has 0 saturated heterocycles. The van der Waals surface area contributed by atoms with Crippen LogP contribution in [-0.2, 0) is 4.79 Å². The van der Waals surface area contributed by atoms with Gasteiger partial charge in [0.2, 0.25) is 5.13 Å². The molecule has 112 valence electrons. The van der Waals surface area contributed by atoms with Crippen LogP contribution < -0.4 is 10.1 Å². The van der Waals surface area contributed by atoms with Gasteiger partial charge in [-0.25, -0.2) is 0 Å². The van der Waals surface area contributed by atoms with Crippen LogP contribution in [0.4, 0.5) is 5.13 Å². The molecule has 7 heteroatoms. The molecule has 0 aliphatic carbocycles. The number of anilines is 1. The van der Waals surface area contributed by atoms with Crippen molar-refractivity contribution in [2.75, 3.05) is 5.32 Å². The molecule has 0 saturated carbocycles. The second-order valence-electron chi connectivity index (χ2n) is 4.60.